The molecule has 5 rings (SSSR count). The van der Waals surface area contributed by atoms with Gasteiger partial charge in [0.2, 0.25) is 0 Å². The topological polar surface area (TPSA) is 255 Å². The molecule has 16 heteroatoms. The molecular formula is C28H46O16. The largest absolute Gasteiger partial charge is 0.463 e. The summed E-state index contributed by atoms with van der Waals surface area (Å²) in [5, 5.41) is 94.1. The maximum absolute atomic E-state index is 11.5. The zero-order chi connectivity index (χ0) is 31.9. The summed E-state index contributed by atoms with van der Waals surface area (Å²) >= 11 is 0. The van der Waals surface area contributed by atoms with Crippen molar-refractivity contribution in [1.29, 1.82) is 0 Å². The van der Waals surface area contributed by atoms with Crippen molar-refractivity contribution in [3.63, 3.8) is 0 Å². The smallest absolute Gasteiger partial charge is 0.302 e. The van der Waals surface area contributed by atoms with Crippen LogP contribution < -0.4 is 0 Å². The Morgan fingerprint density at radius 1 is 0.727 bits per heavy atom. The SMILES string of the molecule is CC(=O)OC[C@H]1O[C@@H](OC2CC3C(O)CC(O)CC3OC2C2CCC(O)C(O)C2)[C@H](O[C@@H]2OC[C@@H](O)[C@H](O)[C@H]2O)[C@@H](O)[C@@H]1O. The van der Waals surface area contributed by atoms with Gasteiger partial charge in [-0.3, -0.25) is 4.79 Å². The average Bonchev–Trinajstić information content (AvgIpc) is 2.97. The van der Waals surface area contributed by atoms with Gasteiger partial charge in [0.15, 0.2) is 12.6 Å². The lowest BCUT2D eigenvalue weighted by Crippen LogP contribution is -2.65. The summed E-state index contributed by atoms with van der Waals surface area (Å²) in [5.74, 6) is -1.39. The molecule has 0 aromatic heterocycles. The van der Waals surface area contributed by atoms with Crippen molar-refractivity contribution in [2.24, 2.45) is 11.8 Å². The molecule has 254 valence electrons. The summed E-state index contributed by atoms with van der Waals surface area (Å²) < 4.78 is 35.0. The summed E-state index contributed by atoms with van der Waals surface area (Å²) in [5.41, 5.74) is 0. The Hall–Kier alpha value is -1.09. The van der Waals surface area contributed by atoms with Crippen molar-refractivity contribution < 1.29 is 79.2 Å². The van der Waals surface area contributed by atoms with Crippen LogP contribution in [0.1, 0.15) is 45.4 Å². The van der Waals surface area contributed by atoms with Gasteiger partial charge in [-0.05, 0) is 44.4 Å². The number of carbonyl (C=O) groups excluding carboxylic acids is 1. The van der Waals surface area contributed by atoms with Gasteiger partial charge >= 0.3 is 5.97 Å². The molecule has 16 nitrogen and oxygen atoms in total. The Labute approximate surface area is 254 Å². The second kappa shape index (κ2) is 14.4. The third-order valence-corrected chi connectivity index (χ3v) is 9.63. The van der Waals surface area contributed by atoms with E-state index in [-0.39, 0.29) is 31.6 Å². The minimum absolute atomic E-state index is 0.141. The molecule has 0 spiro atoms. The molecule has 3 saturated heterocycles. The predicted octanol–water partition coefficient (Wildman–Crippen LogP) is -3.98. The molecule has 0 aromatic rings. The van der Waals surface area contributed by atoms with Crippen molar-refractivity contribution in [2.75, 3.05) is 13.2 Å². The fourth-order valence-electron chi connectivity index (χ4n) is 7.13. The van der Waals surface area contributed by atoms with E-state index in [9.17, 15) is 50.8 Å². The van der Waals surface area contributed by atoms with Gasteiger partial charge in [0.1, 0.15) is 49.3 Å². The van der Waals surface area contributed by atoms with Crippen molar-refractivity contribution >= 4 is 5.97 Å². The quantitative estimate of drug-likeness (QED) is 0.121. The van der Waals surface area contributed by atoms with E-state index >= 15 is 0 Å². The lowest BCUT2D eigenvalue weighted by molar-refractivity contribution is -0.371. The molecule has 0 radical (unpaired) electrons. The molecule has 5 aliphatic rings. The van der Waals surface area contributed by atoms with Crippen LogP contribution in [0.25, 0.3) is 0 Å². The second-order valence-electron chi connectivity index (χ2n) is 12.8. The number of carbonyl (C=O) groups is 1. The van der Waals surface area contributed by atoms with Gasteiger partial charge < -0.3 is 74.4 Å². The summed E-state index contributed by atoms with van der Waals surface area (Å²) in [7, 11) is 0. The van der Waals surface area contributed by atoms with Crippen LogP contribution in [0.2, 0.25) is 0 Å². The van der Waals surface area contributed by atoms with Gasteiger partial charge in [0, 0.05) is 12.8 Å². The van der Waals surface area contributed by atoms with Gasteiger partial charge in [-0.25, -0.2) is 0 Å². The fraction of sp³-hybridized carbons (Fsp3) is 0.964. The Bertz CT molecular complexity index is 957. The van der Waals surface area contributed by atoms with E-state index in [1.54, 1.807) is 0 Å². The van der Waals surface area contributed by atoms with Gasteiger partial charge in [-0.2, -0.15) is 0 Å². The molecular weight excluding hydrogens is 592 g/mol. The number of aliphatic hydroxyl groups is 9. The summed E-state index contributed by atoms with van der Waals surface area (Å²) in [6.45, 7) is 0.332. The summed E-state index contributed by atoms with van der Waals surface area (Å²) in [6.07, 6.45) is -17.9. The first-order chi connectivity index (χ1) is 20.8. The van der Waals surface area contributed by atoms with E-state index in [1.807, 2.05) is 0 Å². The van der Waals surface area contributed by atoms with E-state index in [0.29, 0.717) is 12.8 Å². The maximum Gasteiger partial charge on any atom is 0.302 e. The summed E-state index contributed by atoms with van der Waals surface area (Å²) in [4.78, 5) is 11.5. The lowest BCUT2D eigenvalue weighted by atomic mass is 9.72. The molecule has 18 atom stereocenters. The van der Waals surface area contributed by atoms with Crippen molar-refractivity contribution in [1.82, 2.24) is 0 Å². The minimum atomic E-state index is -1.73. The zero-order valence-corrected chi connectivity index (χ0v) is 24.4. The van der Waals surface area contributed by atoms with Gasteiger partial charge in [0.25, 0.3) is 0 Å². The molecule has 0 aromatic carbocycles. The number of hydrogen-bond donors (Lipinski definition) is 9. The van der Waals surface area contributed by atoms with E-state index < -0.39 is 123 Å². The molecule has 2 saturated carbocycles. The Morgan fingerprint density at radius 2 is 1.48 bits per heavy atom. The first-order valence-corrected chi connectivity index (χ1v) is 15.3. The van der Waals surface area contributed by atoms with E-state index in [4.69, 9.17) is 28.4 Å². The van der Waals surface area contributed by atoms with Crippen LogP contribution in [-0.4, -0.2) is 163 Å². The number of esters is 1. The van der Waals surface area contributed by atoms with Crippen LogP contribution in [0.15, 0.2) is 0 Å². The highest BCUT2D eigenvalue weighted by molar-refractivity contribution is 5.65. The number of hydrogen-bond acceptors (Lipinski definition) is 16. The third kappa shape index (κ3) is 7.39. The lowest BCUT2D eigenvalue weighted by Gasteiger charge is -2.51. The Morgan fingerprint density at radius 3 is 2.18 bits per heavy atom. The number of rotatable bonds is 7. The number of aliphatic hydroxyl groups excluding tert-OH is 9. The van der Waals surface area contributed by atoms with Crippen molar-refractivity contribution in [2.45, 2.75) is 143 Å². The molecule has 3 aliphatic heterocycles. The van der Waals surface area contributed by atoms with Gasteiger partial charge in [0.05, 0.1) is 49.3 Å². The summed E-state index contributed by atoms with van der Waals surface area (Å²) in [6, 6.07) is 0. The monoisotopic (exact) mass is 638 g/mol. The zero-order valence-electron chi connectivity index (χ0n) is 24.4. The first kappa shape index (κ1) is 34.3. The first-order valence-electron chi connectivity index (χ1n) is 15.3. The van der Waals surface area contributed by atoms with Crippen LogP contribution in [-0.2, 0) is 33.2 Å². The number of ether oxygens (including phenoxy) is 6. The predicted molar refractivity (Wildman–Crippen MR) is 142 cm³/mol. The molecule has 9 N–H and O–H groups in total. The highest BCUT2D eigenvalue weighted by Gasteiger charge is 2.54. The normalized spacial score (nSPS) is 51.8. The molecule has 0 amide bonds. The minimum Gasteiger partial charge on any atom is -0.463 e. The highest BCUT2D eigenvalue weighted by atomic mass is 16.8. The average molecular weight is 639 g/mol. The van der Waals surface area contributed by atoms with E-state index in [2.05, 4.69) is 0 Å². The van der Waals surface area contributed by atoms with Crippen molar-refractivity contribution in [3.8, 4) is 0 Å². The maximum atomic E-state index is 11.5. The van der Waals surface area contributed by atoms with Crippen LogP contribution in [0, 0.1) is 11.8 Å². The van der Waals surface area contributed by atoms with E-state index in [0.717, 1.165) is 6.92 Å². The molecule has 9 unspecified atom stereocenters. The third-order valence-electron chi connectivity index (χ3n) is 9.63. The second-order valence-corrected chi connectivity index (χ2v) is 12.8. The van der Waals surface area contributed by atoms with Gasteiger partial charge in [-0.1, -0.05) is 0 Å². The Balaban J connectivity index is 1.41. The van der Waals surface area contributed by atoms with Crippen LogP contribution in [0.4, 0.5) is 0 Å². The fourth-order valence-corrected chi connectivity index (χ4v) is 7.13. The van der Waals surface area contributed by atoms with Crippen LogP contribution >= 0.6 is 0 Å². The molecule has 3 heterocycles. The molecule has 5 fully saturated rings. The molecule has 0 bridgehead atoms. The highest BCUT2D eigenvalue weighted by Crippen LogP contribution is 2.43. The van der Waals surface area contributed by atoms with Crippen molar-refractivity contribution in [3.05, 3.63) is 0 Å². The Kier molecular flexibility index (Phi) is 11.2. The van der Waals surface area contributed by atoms with E-state index in [1.165, 1.54) is 0 Å². The molecule has 2 aliphatic carbocycles. The standard InChI is InChI=1S/C28H46O16/c1-10(29)39-9-20-22(36)23(37)26(44-27-24(38)21(35)17(34)8-40-27)28(43-20)42-19-7-13-15(32)5-12(30)6-18(13)41-25(19)11-2-3-14(31)16(33)4-11/h11-28,30-38H,2-9H2,1H3/t11?,12?,13?,14?,15?,16?,17-,18?,19?,20-,21+,22-,23+,24-,25?,26-,27+,28-/m1/s1. The number of fused-ring (bicyclic) bond motifs is 1. The van der Waals surface area contributed by atoms with Gasteiger partial charge in [-0.15, -0.1) is 0 Å². The van der Waals surface area contributed by atoms with Crippen LogP contribution in [0.3, 0.4) is 0 Å². The molecule has 44 heavy (non-hydrogen) atoms. The van der Waals surface area contributed by atoms with Crippen LogP contribution in [0.5, 0.6) is 0 Å².